The summed E-state index contributed by atoms with van der Waals surface area (Å²) < 4.78 is 5.09. The number of phenols is 2. The second kappa shape index (κ2) is 9.40. The Balaban J connectivity index is 2.50. The van der Waals surface area contributed by atoms with E-state index in [1.807, 2.05) is 0 Å². The van der Waals surface area contributed by atoms with E-state index in [1.54, 1.807) is 19.1 Å². The van der Waals surface area contributed by atoms with Crippen LogP contribution in [-0.2, 0) is 25.5 Å². The van der Waals surface area contributed by atoms with Gasteiger partial charge in [0.2, 0.25) is 0 Å². The van der Waals surface area contributed by atoms with Crippen molar-refractivity contribution in [2.75, 3.05) is 6.61 Å². The third-order valence-corrected chi connectivity index (χ3v) is 3.43. The molecule has 0 bridgehead atoms. The maximum absolute atomic E-state index is 11.8. The minimum absolute atomic E-state index is 0.0437. The van der Waals surface area contributed by atoms with Gasteiger partial charge in [-0.15, -0.1) is 0 Å². The van der Waals surface area contributed by atoms with Crippen LogP contribution in [0.3, 0.4) is 0 Å². The van der Waals surface area contributed by atoms with Gasteiger partial charge in [-0.05, 0) is 30.2 Å². The zero-order chi connectivity index (χ0) is 17.2. The van der Waals surface area contributed by atoms with Gasteiger partial charge < -0.3 is 19.7 Å². The fourth-order valence-corrected chi connectivity index (χ4v) is 2.12. The quantitative estimate of drug-likeness (QED) is 0.312. The minimum atomic E-state index is -0.499. The van der Waals surface area contributed by atoms with Crippen molar-refractivity contribution < 1.29 is 29.3 Å². The molecular weight excluding hydrogens is 300 g/mol. The van der Waals surface area contributed by atoms with E-state index < -0.39 is 11.9 Å². The van der Waals surface area contributed by atoms with Gasteiger partial charge in [-0.3, -0.25) is 9.59 Å². The number of carbonyl (C=O) groups is 3. The monoisotopic (exact) mass is 320 g/mol. The number of aromatic hydroxyl groups is 2. The van der Waals surface area contributed by atoms with Gasteiger partial charge in [0.15, 0.2) is 11.5 Å². The molecule has 0 saturated carbocycles. The molecule has 0 aromatic heterocycles. The lowest BCUT2D eigenvalue weighted by molar-refractivity contribution is -0.144. The van der Waals surface area contributed by atoms with Crippen LogP contribution in [0.5, 0.6) is 11.5 Å². The number of benzene rings is 1. The topological polar surface area (TPSA) is 101 Å². The molecule has 23 heavy (non-hydrogen) atoms. The Hall–Kier alpha value is -2.63. The van der Waals surface area contributed by atoms with Gasteiger partial charge in [0.25, 0.3) is 0 Å². The molecule has 0 fully saturated rings. The van der Waals surface area contributed by atoms with Crippen molar-refractivity contribution >= 4 is 18.5 Å². The molecule has 2 N–H and O–H groups in total. The molecule has 0 amide bonds. The first-order valence-corrected chi connectivity index (χ1v) is 7.23. The lowest BCUT2D eigenvalue weighted by Gasteiger charge is -2.13. The first kappa shape index (κ1) is 18.4. The first-order valence-electron chi connectivity index (χ1n) is 7.23. The van der Waals surface area contributed by atoms with Crippen molar-refractivity contribution in [2.24, 2.45) is 5.92 Å². The molecule has 1 aromatic rings. The van der Waals surface area contributed by atoms with E-state index in [-0.39, 0.29) is 30.9 Å². The van der Waals surface area contributed by atoms with Crippen molar-refractivity contribution in [1.29, 1.82) is 0 Å². The van der Waals surface area contributed by atoms with Gasteiger partial charge in [0, 0.05) is 18.8 Å². The molecule has 1 aromatic carbocycles. The summed E-state index contributed by atoms with van der Waals surface area (Å²) in [5, 5.41) is 18.6. The normalized spacial score (nSPS) is 12.5. The molecular formula is C17H20O6. The van der Waals surface area contributed by atoms with E-state index >= 15 is 0 Å². The number of hydrogen-bond donors (Lipinski definition) is 2. The summed E-state index contributed by atoms with van der Waals surface area (Å²) >= 11 is 0. The lowest BCUT2D eigenvalue weighted by atomic mass is 9.93. The van der Waals surface area contributed by atoms with Crippen molar-refractivity contribution in [3.05, 3.63) is 35.4 Å². The molecule has 0 aliphatic carbocycles. The molecule has 0 unspecified atom stereocenters. The van der Waals surface area contributed by atoms with Crippen molar-refractivity contribution in [3.63, 3.8) is 0 Å². The van der Waals surface area contributed by atoms with E-state index in [1.165, 1.54) is 12.1 Å². The Morgan fingerprint density at radius 2 is 2.00 bits per heavy atom. The Kier molecular flexibility index (Phi) is 7.53. The summed E-state index contributed by atoms with van der Waals surface area (Å²) in [7, 11) is 0. The minimum Gasteiger partial charge on any atom is -0.504 e. The van der Waals surface area contributed by atoms with Crippen LogP contribution < -0.4 is 0 Å². The Morgan fingerprint density at radius 1 is 1.26 bits per heavy atom. The molecule has 1 rings (SSSR count). The predicted molar refractivity (Wildman–Crippen MR) is 83.0 cm³/mol. The molecule has 6 heteroatoms. The number of esters is 1. The number of carbonyl (C=O) groups excluding carboxylic acids is 3. The Labute approximate surface area is 134 Å². The highest BCUT2D eigenvalue weighted by atomic mass is 16.5. The van der Waals surface area contributed by atoms with Crippen molar-refractivity contribution in [2.45, 2.75) is 26.2 Å². The summed E-state index contributed by atoms with van der Waals surface area (Å²) in [5.74, 6) is -1.42. The smallest absolute Gasteiger partial charge is 0.306 e. The molecule has 6 nitrogen and oxygen atoms in total. The van der Waals surface area contributed by atoms with Crippen molar-refractivity contribution in [1.82, 2.24) is 0 Å². The van der Waals surface area contributed by atoms with Gasteiger partial charge in [-0.1, -0.05) is 12.1 Å². The summed E-state index contributed by atoms with van der Waals surface area (Å²) in [6.07, 6.45) is 3.30. The molecule has 0 aliphatic rings. The maximum atomic E-state index is 11.8. The van der Waals surface area contributed by atoms with Crippen LogP contribution in [-0.4, -0.2) is 35.4 Å². The van der Waals surface area contributed by atoms with E-state index in [0.29, 0.717) is 30.1 Å². The van der Waals surface area contributed by atoms with Crippen LogP contribution in [0, 0.1) is 5.92 Å². The standard InChI is InChI=1S/C17H20O6/c1-2-13(11-19)14(5-7-18)10-17(22)23-8-6-12-3-4-15(20)16(21)9-12/h2-4,7,9,11,14,20-21H,5-6,8,10H2,1H3/b13-2+/t14-/m1/s1. The van der Waals surface area contributed by atoms with Crippen LogP contribution >= 0.6 is 0 Å². The fourth-order valence-electron chi connectivity index (χ4n) is 2.12. The number of phenolic OH excluding ortho intramolecular Hbond substituents is 2. The largest absolute Gasteiger partial charge is 0.504 e. The molecule has 0 spiro atoms. The van der Waals surface area contributed by atoms with Crippen LogP contribution in [0.25, 0.3) is 0 Å². The van der Waals surface area contributed by atoms with Gasteiger partial charge >= 0.3 is 5.97 Å². The number of allylic oxidation sites excluding steroid dienone is 2. The number of aldehydes is 2. The SMILES string of the molecule is C/C=C(\C=O)[C@H](CC=O)CC(=O)OCCc1ccc(O)c(O)c1. The lowest BCUT2D eigenvalue weighted by Crippen LogP contribution is -2.16. The summed E-state index contributed by atoms with van der Waals surface area (Å²) in [5.41, 5.74) is 1.11. The molecule has 0 heterocycles. The fraction of sp³-hybridized carbons (Fsp3) is 0.353. The average Bonchev–Trinajstić information content (AvgIpc) is 2.52. The average molecular weight is 320 g/mol. The second-order valence-corrected chi connectivity index (χ2v) is 5.00. The highest BCUT2D eigenvalue weighted by Gasteiger charge is 2.18. The van der Waals surface area contributed by atoms with Crippen LogP contribution in [0.4, 0.5) is 0 Å². The van der Waals surface area contributed by atoms with Gasteiger partial charge in [-0.2, -0.15) is 0 Å². The summed E-state index contributed by atoms with van der Waals surface area (Å²) in [4.78, 5) is 33.4. The van der Waals surface area contributed by atoms with E-state index in [0.717, 1.165) is 0 Å². The van der Waals surface area contributed by atoms with Crippen LogP contribution in [0.1, 0.15) is 25.3 Å². The van der Waals surface area contributed by atoms with Gasteiger partial charge in [0.05, 0.1) is 13.0 Å². The number of hydrogen-bond acceptors (Lipinski definition) is 6. The maximum Gasteiger partial charge on any atom is 0.306 e. The summed E-state index contributed by atoms with van der Waals surface area (Å²) in [6.45, 7) is 1.77. The highest BCUT2D eigenvalue weighted by Crippen LogP contribution is 2.25. The van der Waals surface area contributed by atoms with Crippen LogP contribution in [0.15, 0.2) is 29.8 Å². The molecule has 0 aliphatic heterocycles. The van der Waals surface area contributed by atoms with Gasteiger partial charge in [-0.25, -0.2) is 0 Å². The Bertz CT molecular complexity index is 591. The van der Waals surface area contributed by atoms with E-state index in [9.17, 15) is 24.6 Å². The van der Waals surface area contributed by atoms with E-state index in [4.69, 9.17) is 4.74 Å². The molecule has 1 atom stereocenters. The van der Waals surface area contributed by atoms with Crippen LogP contribution in [0.2, 0.25) is 0 Å². The number of rotatable bonds is 9. The third-order valence-electron chi connectivity index (χ3n) is 3.43. The Morgan fingerprint density at radius 3 is 2.57 bits per heavy atom. The molecule has 0 radical (unpaired) electrons. The summed E-state index contributed by atoms with van der Waals surface area (Å²) in [6, 6.07) is 4.36. The first-order chi connectivity index (χ1) is 11.0. The van der Waals surface area contributed by atoms with Gasteiger partial charge in [0.1, 0.15) is 12.6 Å². The molecule has 124 valence electrons. The van der Waals surface area contributed by atoms with E-state index in [2.05, 4.69) is 0 Å². The zero-order valence-electron chi connectivity index (χ0n) is 12.9. The third kappa shape index (κ3) is 5.94. The highest BCUT2D eigenvalue weighted by molar-refractivity contribution is 5.78. The number of ether oxygens (including phenoxy) is 1. The van der Waals surface area contributed by atoms with Crippen molar-refractivity contribution in [3.8, 4) is 11.5 Å². The zero-order valence-corrected chi connectivity index (χ0v) is 12.9. The molecule has 0 saturated heterocycles. The second-order valence-electron chi connectivity index (χ2n) is 5.00. The predicted octanol–water partition coefficient (Wildman–Crippen LogP) is 1.92.